The minimum atomic E-state index is 0.313. The van der Waals surface area contributed by atoms with Gasteiger partial charge in [0.1, 0.15) is 6.33 Å². The van der Waals surface area contributed by atoms with Crippen molar-refractivity contribution in [2.75, 3.05) is 19.6 Å². The molecule has 5 nitrogen and oxygen atoms in total. The number of likely N-dealkylation sites (tertiary alicyclic amines) is 1. The van der Waals surface area contributed by atoms with Gasteiger partial charge >= 0.3 is 0 Å². The SMILES string of the molecule is O=C1CCCN1CCCNCc1ccc(-n2cnc3ccccc32)cc1. The Morgan fingerprint density at radius 2 is 1.92 bits per heavy atom. The van der Waals surface area contributed by atoms with Crippen LogP contribution in [0.25, 0.3) is 16.7 Å². The van der Waals surface area contributed by atoms with E-state index in [0.29, 0.717) is 5.91 Å². The molecule has 3 aromatic rings. The number of hydrogen-bond donors (Lipinski definition) is 1. The van der Waals surface area contributed by atoms with Crippen LogP contribution in [0.4, 0.5) is 0 Å². The van der Waals surface area contributed by atoms with E-state index in [2.05, 4.69) is 45.2 Å². The third-order valence-electron chi connectivity index (χ3n) is 4.95. The van der Waals surface area contributed by atoms with Crippen LogP contribution in [-0.4, -0.2) is 40.0 Å². The second-order valence-electron chi connectivity index (χ2n) is 6.78. The number of nitrogens with zero attached hydrogens (tertiary/aromatic N) is 3. The van der Waals surface area contributed by atoms with Crippen LogP contribution in [0.3, 0.4) is 0 Å². The molecule has 0 saturated carbocycles. The highest BCUT2D eigenvalue weighted by Crippen LogP contribution is 2.18. The lowest BCUT2D eigenvalue weighted by molar-refractivity contribution is -0.127. The van der Waals surface area contributed by atoms with Gasteiger partial charge in [-0.05, 0) is 49.2 Å². The molecule has 1 aliphatic heterocycles. The van der Waals surface area contributed by atoms with E-state index in [1.165, 1.54) is 5.56 Å². The summed E-state index contributed by atoms with van der Waals surface area (Å²) in [5.41, 5.74) is 4.51. The Bertz CT molecular complexity index is 884. The average Bonchev–Trinajstić information content (AvgIpc) is 3.28. The largest absolute Gasteiger partial charge is 0.343 e. The molecule has 1 fully saturated rings. The number of hydrogen-bond acceptors (Lipinski definition) is 3. The smallest absolute Gasteiger partial charge is 0.222 e. The number of aromatic nitrogens is 2. The lowest BCUT2D eigenvalue weighted by atomic mass is 10.2. The van der Waals surface area contributed by atoms with Crippen molar-refractivity contribution in [1.29, 1.82) is 0 Å². The number of fused-ring (bicyclic) bond motifs is 1. The number of rotatable bonds is 7. The molecule has 26 heavy (non-hydrogen) atoms. The van der Waals surface area contributed by atoms with E-state index in [-0.39, 0.29) is 0 Å². The summed E-state index contributed by atoms with van der Waals surface area (Å²) in [6.07, 6.45) is 4.62. The number of amides is 1. The van der Waals surface area contributed by atoms with Gasteiger partial charge in [0.15, 0.2) is 0 Å². The first-order valence-corrected chi connectivity index (χ1v) is 9.31. The summed E-state index contributed by atoms with van der Waals surface area (Å²) in [7, 11) is 0. The molecular formula is C21H24N4O. The van der Waals surface area contributed by atoms with E-state index < -0.39 is 0 Å². The molecule has 1 N–H and O–H groups in total. The van der Waals surface area contributed by atoms with E-state index in [0.717, 1.165) is 62.2 Å². The van der Waals surface area contributed by atoms with E-state index >= 15 is 0 Å². The fourth-order valence-electron chi connectivity index (χ4n) is 3.51. The molecule has 1 aromatic heterocycles. The van der Waals surface area contributed by atoms with Crippen LogP contribution in [-0.2, 0) is 11.3 Å². The summed E-state index contributed by atoms with van der Waals surface area (Å²) in [6.45, 7) is 3.58. The zero-order chi connectivity index (χ0) is 17.8. The van der Waals surface area contributed by atoms with Gasteiger partial charge in [-0.15, -0.1) is 0 Å². The molecule has 0 aliphatic carbocycles. The van der Waals surface area contributed by atoms with Gasteiger partial charge in [0.05, 0.1) is 11.0 Å². The highest BCUT2D eigenvalue weighted by molar-refractivity contribution is 5.78. The summed E-state index contributed by atoms with van der Waals surface area (Å²) in [5, 5.41) is 3.47. The summed E-state index contributed by atoms with van der Waals surface area (Å²) >= 11 is 0. The maximum Gasteiger partial charge on any atom is 0.222 e. The molecule has 1 saturated heterocycles. The van der Waals surface area contributed by atoms with E-state index in [1.54, 1.807) is 0 Å². The molecule has 2 aromatic carbocycles. The second kappa shape index (κ2) is 7.70. The van der Waals surface area contributed by atoms with Crippen LogP contribution in [0.2, 0.25) is 0 Å². The van der Waals surface area contributed by atoms with E-state index in [1.807, 2.05) is 29.4 Å². The van der Waals surface area contributed by atoms with Crippen molar-refractivity contribution in [2.24, 2.45) is 0 Å². The number of carbonyl (C=O) groups excluding carboxylic acids is 1. The fourth-order valence-corrected chi connectivity index (χ4v) is 3.51. The Morgan fingerprint density at radius 1 is 1.08 bits per heavy atom. The van der Waals surface area contributed by atoms with Crippen molar-refractivity contribution in [3.63, 3.8) is 0 Å². The maximum atomic E-state index is 11.6. The molecule has 1 amide bonds. The predicted octanol–water partition coefficient (Wildman–Crippen LogP) is 3.13. The van der Waals surface area contributed by atoms with Crippen LogP contribution in [0.15, 0.2) is 54.9 Å². The first-order chi connectivity index (χ1) is 12.8. The first-order valence-electron chi connectivity index (χ1n) is 9.31. The van der Waals surface area contributed by atoms with Crippen molar-refractivity contribution in [2.45, 2.75) is 25.8 Å². The fraction of sp³-hybridized carbons (Fsp3) is 0.333. The molecule has 0 atom stereocenters. The van der Waals surface area contributed by atoms with Gasteiger partial charge in [-0.1, -0.05) is 24.3 Å². The highest BCUT2D eigenvalue weighted by atomic mass is 16.2. The van der Waals surface area contributed by atoms with Gasteiger partial charge in [-0.25, -0.2) is 4.98 Å². The van der Waals surface area contributed by atoms with Gasteiger partial charge < -0.3 is 10.2 Å². The van der Waals surface area contributed by atoms with Gasteiger partial charge in [-0.2, -0.15) is 0 Å². The number of para-hydroxylation sites is 2. The zero-order valence-electron chi connectivity index (χ0n) is 14.9. The molecule has 0 unspecified atom stereocenters. The number of nitrogens with one attached hydrogen (secondary N) is 1. The van der Waals surface area contributed by atoms with Crippen LogP contribution in [0.1, 0.15) is 24.8 Å². The van der Waals surface area contributed by atoms with Crippen molar-refractivity contribution in [3.8, 4) is 5.69 Å². The molecule has 2 heterocycles. The van der Waals surface area contributed by atoms with Crippen LogP contribution in [0, 0.1) is 0 Å². The molecule has 0 radical (unpaired) electrons. The monoisotopic (exact) mass is 348 g/mol. The predicted molar refractivity (Wildman–Crippen MR) is 103 cm³/mol. The van der Waals surface area contributed by atoms with Gasteiger partial charge in [0, 0.05) is 31.7 Å². The Kier molecular flexibility index (Phi) is 4.97. The summed E-state index contributed by atoms with van der Waals surface area (Å²) in [5.74, 6) is 0.313. The third kappa shape index (κ3) is 3.63. The molecule has 134 valence electrons. The third-order valence-corrected chi connectivity index (χ3v) is 4.95. The summed E-state index contributed by atoms with van der Waals surface area (Å²) in [4.78, 5) is 18.0. The minimum Gasteiger partial charge on any atom is -0.343 e. The highest BCUT2D eigenvalue weighted by Gasteiger charge is 2.18. The topological polar surface area (TPSA) is 50.2 Å². The van der Waals surface area contributed by atoms with Gasteiger partial charge in [-0.3, -0.25) is 9.36 Å². The summed E-state index contributed by atoms with van der Waals surface area (Å²) in [6, 6.07) is 16.7. The maximum absolute atomic E-state index is 11.6. The Morgan fingerprint density at radius 3 is 2.73 bits per heavy atom. The van der Waals surface area contributed by atoms with Crippen molar-refractivity contribution in [1.82, 2.24) is 19.8 Å². The summed E-state index contributed by atoms with van der Waals surface area (Å²) < 4.78 is 2.11. The molecule has 1 aliphatic rings. The van der Waals surface area contributed by atoms with Crippen LogP contribution in [0.5, 0.6) is 0 Å². The van der Waals surface area contributed by atoms with Crippen molar-refractivity contribution in [3.05, 3.63) is 60.4 Å². The van der Waals surface area contributed by atoms with Crippen molar-refractivity contribution < 1.29 is 4.79 Å². The van der Waals surface area contributed by atoms with E-state index in [4.69, 9.17) is 0 Å². The Hall–Kier alpha value is -2.66. The zero-order valence-corrected chi connectivity index (χ0v) is 14.9. The average molecular weight is 348 g/mol. The second-order valence-corrected chi connectivity index (χ2v) is 6.78. The number of imidazole rings is 1. The molecular weight excluding hydrogens is 324 g/mol. The quantitative estimate of drug-likeness (QED) is 0.668. The molecule has 4 rings (SSSR count). The Balaban J connectivity index is 1.28. The van der Waals surface area contributed by atoms with Gasteiger partial charge in [0.25, 0.3) is 0 Å². The van der Waals surface area contributed by atoms with E-state index in [9.17, 15) is 4.79 Å². The normalized spacial score (nSPS) is 14.5. The van der Waals surface area contributed by atoms with Gasteiger partial charge in [0.2, 0.25) is 5.91 Å². The van der Waals surface area contributed by atoms with Crippen molar-refractivity contribution >= 4 is 16.9 Å². The molecule has 5 heteroatoms. The number of benzene rings is 2. The minimum absolute atomic E-state index is 0.313. The lowest BCUT2D eigenvalue weighted by Crippen LogP contribution is -2.28. The van der Waals surface area contributed by atoms with Crippen LogP contribution >= 0.6 is 0 Å². The Labute approximate surface area is 153 Å². The first kappa shape index (κ1) is 16.8. The lowest BCUT2D eigenvalue weighted by Gasteiger charge is -2.15. The molecule has 0 bridgehead atoms. The van der Waals surface area contributed by atoms with Crippen LogP contribution < -0.4 is 5.32 Å². The molecule has 0 spiro atoms. The number of carbonyl (C=O) groups is 1. The standard InChI is InChI=1S/C21H24N4O/c26-21-7-3-13-24(21)14-4-12-22-15-17-8-10-18(11-9-17)25-16-23-19-5-1-2-6-20(19)25/h1-2,5-6,8-11,16,22H,3-4,7,12-15H2.